The van der Waals surface area contributed by atoms with Gasteiger partial charge in [0.1, 0.15) is 23.1 Å². The maximum Gasteiger partial charge on any atom is 0.259 e. The molecule has 0 aliphatic carbocycles. The van der Waals surface area contributed by atoms with Crippen molar-refractivity contribution in [2.45, 2.75) is 19.4 Å². The Labute approximate surface area is 172 Å². The smallest absolute Gasteiger partial charge is 0.259 e. The number of ether oxygens (including phenoxy) is 2. The third-order valence-corrected chi connectivity index (χ3v) is 5.90. The molecule has 1 aliphatic heterocycles. The number of methoxy groups -OCH3 is 1. The van der Waals surface area contributed by atoms with Gasteiger partial charge in [-0.2, -0.15) is 5.26 Å². The second kappa shape index (κ2) is 7.49. The molecule has 2 N–H and O–H groups in total. The van der Waals surface area contributed by atoms with Gasteiger partial charge in [0.2, 0.25) is 5.88 Å². The van der Waals surface area contributed by atoms with Gasteiger partial charge < -0.3 is 19.8 Å². The topological polar surface area (TPSA) is 90.3 Å². The van der Waals surface area contributed by atoms with Gasteiger partial charge in [0.25, 0.3) is 5.56 Å². The molecule has 146 valence electrons. The number of rotatable bonds is 4. The normalized spacial score (nSPS) is 15.4. The van der Waals surface area contributed by atoms with Crippen LogP contribution in [0.25, 0.3) is 0 Å². The summed E-state index contributed by atoms with van der Waals surface area (Å²) in [5.74, 6) is 0.298. The zero-order chi connectivity index (χ0) is 20.5. The fourth-order valence-electron chi connectivity index (χ4n) is 3.66. The lowest BCUT2D eigenvalue weighted by atomic mass is 9.83. The Morgan fingerprint density at radius 1 is 1.31 bits per heavy atom. The predicted octanol–water partition coefficient (Wildman–Crippen LogP) is 3.49. The largest absolute Gasteiger partial charge is 0.496 e. The van der Waals surface area contributed by atoms with E-state index in [1.165, 1.54) is 0 Å². The molecule has 1 atom stereocenters. The van der Waals surface area contributed by atoms with Crippen LogP contribution in [-0.2, 0) is 6.54 Å². The third kappa shape index (κ3) is 3.18. The fourth-order valence-corrected chi connectivity index (χ4v) is 4.35. The maximum absolute atomic E-state index is 13.6. The Kier molecular flexibility index (Phi) is 4.87. The number of hydrogen-bond acceptors (Lipinski definition) is 6. The maximum atomic E-state index is 13.6. The summed E-state index contributed by atoms with van der Waals surface area (Å²) in [6, 6.07) is 15.2. The van der Waals surface area contributed by atoms with Gasteiger partial charge in [-0.3, -0.25) is 4.79 Å². The van der Waals surface area contributed by atoms with E-state index in [1.54, 1.807) is 35.1 Å². The first kappa shape index (κ1) is 18.8. The van der Waals surface area contributed by atoms with E-state index in [9.17, 15) is 10.1 Å². The van der Waals surface area contributed by atoms with Crippen LogP contribution in [-0.4, -0.2) is 11.7 Å². The SMILES string of the molecule is COc1ccccc1[C@H]1C(C#N)=C(N)Oc2cc(C)n(Cc3cccs3)c(=O)c21. The van der Waals surface area contributed by atoms with Crippen LogP contribution in [0, 0.1) is 18.3 Å². The van der Waals surface area contributed by atoms with Gasteiger partial charge in [0, 0.05) is 22.2 Å². The Morgan fingerprint density at radius 3 is 2.79 bits per heavy atom. The summed E-state index contributed by atoms with van der Waals surface area (Å²) >= 11 is 1.59. The first-order valence-corrected chi connectivity index (χ1v) is 9.90. The number of pyridine rings is 1. The zero-order valence-corrected chi connectivity index (χ0v) is 16.8. The molecule has 6 nitrogen and oxygen atoms in total. The lowest BCUT2D eigenvalue weighted by molar-refractivity contribution is 0.383. The second-order valence-electron chi connectivity index (χ2n) is 6.70. The Hall–Kier alpha value is -3.50. The van der Waals surface area contributed by atoms with Crippen molar-refractivity contribution in [3.8, 4) is 17.6 Å². The van der Waals surface area contributed by atoms with E-state index in [2.05, 4.69) is 6.07 Å². The summed E-state index contributed by atoms with van der Waals surface area (Å²) in [4.78, 5) is 14.7. The van der Waals surface area contributed by atoms with E-state index < -0.39 is 5.92 Å². The fraction of sp³-hybridized carbons (Fsp3) is 0.182. The van der Waals surface area contributed by atoms with Gasteiger partial charge in [-0.1, -0.05) is 24.3 Å². The van der Waals surface area contributed by atoms with Gasteiger partial charge in [-0.25, -0.2) is 0 Å². The van der Waals surface area contributed by atoms with Crippen molar-refractivity contribution in [1.29, 1.82) is 5.26 Å². The van der Waals surface area contributed by atoms with Gasteiger partial charge in [-0.15, -0.1) is 11.3 Å². The molecule has 0 amide bonds. The predicted molar refractivity (Wildman–Crippen MR) is 111 cm³/mol. The monoisotopic (exact) mass is 405 g/mol. The number of hydrogen-bond donors (Lipinski definition) is 1. The van der Waals surface area contributed by atoms with Crippen molar-refractivity contribution >= 4 is 11.3 Å². The van der Waals surface area contributed by atoms with Crippen LogP contribution in [0.4, 0.5) is 0 Å². The molecule has 0 fully saturated rings. The van der Waals surface area contributed by atoms with Crippen LogP contribution in [0.5, 0.6) is 11.5 Å². The lowest BCUT2D eigenvalue weighted by Crippen LogP contribution is -2.33. The molecule has 0 radical (unpaired) electrons. The number of nitriles is 1. The van der Waals surface area contributed by atoms with E-state index >= 15 is 0 Å². The van der Waals surface area contributed by atoms with Crippen LogP contribution < -0.4 is 20.8 Å². The molecule has 0 unspecified atom stereocenters. The summed E-state index contributed by atoms with van der Waals surface area (Å²) in [5.41, 5.74) is 7.90. The van der Waals surface area contributed by atoms with Crippen LogP contribution in [0.1, 0.15) is 27.6 Å². The average molecular weight is 405 g/mol. The Morgan fingerprint density at radius 2 is 2.10 bits per heavy atom. The molecule has 0 spiro atoms. The molecule has 4 rings (SSSR count). The number of nitrogens with two attached hydrogens (primary N) is 1. The number of aryl methyl sites for hydroxylation is 1. The number of thiophene rings is 1. The van der Waals surface area contributed by atoms with E-state index in [1.807, 2.05) is 42.6 Å². The van der Waals surface area contributed by atoms with Gasteiger partial charge in [-0.05, 0) is 24.4 Å². The standard InChI is InChI=1S/C22H19N3O3S/c1-13-10-18-20(22(26)25(13)12-14-6-5-9-29-14)19(16(11-23)21(24)28-18)15-7-3-4-8-17(15)27-2/h3-10,19H,12,24H2,1-2H3/t19-/m0/s1. The minimum absolute atomic E-state index is 0.00529. The molecule has 1 aliphatic rings. The molecule has 3 aromatic rings. The number of para-hydroxylation sites is 1. The molecule has 0 bridgehead atoms. The first-order valence-electron chi connectivity index (χ1n) is 9.02. The molecule has 0 saturated heterocycles. The number of nitrogens with zero attached hydrogens (tertiary/aromatic N) is 2. The summed E-state index contributed by atoms with van der Waals surface area (Å²) in [6.07, 6.45) is 0. The highest BCUT2D eigenvalue weighted by Gasteiger charge is 2.35. The number of benzene rings is 1. The number of allylic oxidation sites excluding steroid dienone is 1. The van der Waals surface area contributed by atoms with E-state index in [0.29, 0.717) is 29.2 Å². The summed E-state index contributed by atoms with van der Waals surface area (Å²) in [7, 11) is 1.56. The second-order valence-corrected chi connectivity index (χ2v) is 7.73. The number of aromatic nitrogens is 1. The molecule has 7 heteroatoms. The van der Waals surface area contributed by atoms with Crippen molar-refractivity contribution in [1.82, 2.24) is 4.57 Å². The minimum atomic E-state index is -0.664. The highest BCUT2D eigenvalue weighted by molar-refractivity contribution is 7.09. The Balaban J connectivity index is 1.98. The highest BCUT2D eigenvalue weighted by atomic mass is 32.1. The zero-order valence-electron chi connectivity index (χ0n) is 16.0. The molecule has 2 aromatic heterocycles. The minimum Gasteiger partial charge on any atom is -0.496 e. The lowest BCUT2D eigenvalue weighted by Gasteiger charge is -2.28. The van der Waals surface area contributed by atoms with Crippen molar-refractivity contribution in [2.75, 3.05) is 7.11 Å². The molecule has 3 heterocycles. The molecular weight excluding hydrogens is 386 g/mol. The van der Waals surface area contributed by atoms with Crippen LogP contribution >= 0.6 is 11.3 Å². The number of fused-ring (bicyclic) bond motifs is 1. The summed E-state index contributed by atoms with van der Waals surface area (Å²) < 4.78 is 12.9. The first-order chi connectivity index (χ1) is 14.0. The van der Waals surface area contributed by atoms with E-state index in [-0.39, 0.29) is 17.0 Å². The van der Waals surface area contributed by atoms with Crippen molar-refractivity contribution in [3.05, 3.63) is 91.4 Å². The molecular formula is C22H19N3O3S. The molecule has 0 saturated carbocycles. The third-order valence-electron chi connectivity index (χ3n) is 5.03. The van der Waals surface area contributed by atoms with Crippen molar-refractivity contribution in [3.63, 3.8) is 0 Å². The van der Waals surface area contributed by atoms with Gasteiger partial charge >= 0.3 is 0 Å². The van der Waals surface area contributed by atoms with E-state index in [0.717, 1.165) is 10.6 Å². The molecule has 29 heavy (non-hydrogen) atoms. The van der Waals surface area contributed by atoms with Crippen LogP contribution in [0.15, 0.2) is 64.1 Å². The van der Waals surface area contributed by atoms with Crippen molar-refractivity contribution < 1.29 is 9.47 Å². The summed E-state index contributed by atoms with van der Waals surface area (Å²) in [6.45, 7) is 2.31. The van der Waals surface area contributed by atoms with Gasteiger partial charge in [0.15, 0.2) is 0 Å². The average Bonchev–Trinajstić information content (AvgIpc) is 3.23. The van der Waals surface area contributed by atoms with Crippen molar-refractivity contribution in [2.24, 2.45) is 5.73 Å². The van der Waals surface area contributed by atoms with Crippen LogP contribution in [0.3, 0.4) is 0 Å². The Bertz CT molecular complexity index is 1200. The quantitative estimate of drug-likeness (QED) is 0.718. The van der Waals surface area contributed by atoms with E-state index in [4.69, 9.17) is 15.2 Å². The highest BCUT2D eigenvalue weighted by Crippen LogP contribution is 2.43. The summed E-state index contributed by atoms with van der Waals surface area (Å²) in [5, 5.41) is 11.8. The van der Waals surface area contributed by atoms with Gasteiger partial charge in [0.05, 0.1) is 25.1 Å². The van der Waals surface area contributed by atoms with Crippen LogP contribution in [0.2, 0.25) is 0 Å². The molecule has 1 aromatic carbocycles.